The number of amides is 2. The second-order valence-electron chi connectivity index (χ2n) is 9.17. The van der Waals surface area contributed by atoms with Crippen LogP contribution in [0.1, 0.15) is 39.2 Å². The second-order valence-corrected chi connectivity index (χ2v) is 11.9. The number of benzene rings is 2. The lowest BCUT2D eigenvalue weighted by Gasteiger charge is -2.29. The number of rotatable bonds is 13. The van der Waals surface area contributed by atoms with Crippen LogP contribution < -0.4 is 9.62 Å². The fraction of sp³-hybridized carbons (Fsp3) is 0.462. The molecule has 0 saturated heterocycles. The van der Waals surface area contributed by atoms with E-state index in [1.54, 1.807) is 17.9 Å². The van der Waals surface area contributed by atoms with Gasteiger partial charge in [0, 0.05) is 31.1 Å². The van der Waals surface area contributed by atoms with E-state index in [1.165, 1.54) is 12.1 Å². The maximum atomic E-state index is 13.3. The third kappa shape index (κ3) is 9.30. The predicted molar refractivity (Wildman–Crippen MR) is 147 cm³/mol. The van der Waals surface area contributed by atoms with Crippen molar-refractivity contribution in [2.45, 2.75) is 46.1 Å². The van der Waals surface area contributed by atoms with Crippen LogP contribution >= 0.6 is 23.2 Å². The number of hydrogen-bond acceptors (Lipinski definition) is 4. The highest BCUT2D eigenvalue weighted by Gasteiger charge is 2.26. The van der Waals surface area contributed by atoms with E-state index in [2.05, 4.69) is 5.32 Å². The third-order valence-corrected chi connectivity index (χ3v) is 7.40. The normalized spacial score (nSPS) is 12.3. The van der Waals surface area contributed by atoms with Crippen LogP contribution in [0.3, 0.4) is 0 Å². The molecule has 0 aliphatic heterocycles. The molecule has 2 rings (SSSR count). The fourth-order valence-electron chi connectivity index (χ4n) is 3.68. The van der Waals surface area contributed by atoms with Crippen LogP contribution in [-0.2, 0) is 26.0 Å². The first-order valence-corrected chi connectivity index (χ1v) is 14.5. The van der Waals surface area contributed by atoms with Gasteiger partial charge in [-0.1, -0.05) is 67.4 Å². The standard InChI is InChI=1S/C26H35Cl2N3O4S/c1-19(2)18-29-26(33)20(3)30(16-14-21-9-6-5-7-10-21)25(32)11-8-15-31(36(4,34)35)24-17-22(27)12-13-23(24)28/h5-7,9-10,12-13,17,19-20H,8,11,14-16,18H2,1-4H3,(H,29,33)/t20-/m0/s1. The molecule has 36 heavy (non-hydrogen) atoms. The van der Waals surface area contributed by atoms with Crippen LogP contribution in [-0.4, -0.2) is 57.1 Å². The summed E-state index contributed by atoms with van der Waals surface area (Å²) < 4.78 is 26.1. The zero-order valence-corrected chi connectivity index (χ0v) is 23.5. The van der Waals surface area contributed by atoms with Gasteiger partial charge in [0.25, 0.3) is 0 Å². The minimum Gasteiger partial charge on any atom is -0.354 e. The van der Waals surface area contributed by atoms with E-state index in [0.29, 0.717) is 24.5 Å². The summed E-state index contributed by atoms with van der Waals surface area (Å²) in [6.07, 6.45) is 2.00. The Morgan fingerprint density at radius 1 is 1.00 bits per heavy atom. The van der Waals surface area contributed by atoms with E-state index in [-0.39, 0.29) is 47.8 Å². The van der Waals surface area contributed by atoms with Crippen LogP contribution in [0, 0.1) is 5.92 Å². The van der Waals surface area contributed by atoms with E-state index in [9.17, 15) is 18.0 Å². The zero-order valence-electron chi connectivity index (χ0n) is 21.2. The molecular weight excluding hydrogens is 521 g/mol. The van der Waals surface area contributed by atoms with Crippen molar-refractivity contribution in [2.75, 3.05) is 30.2 Å². The van der Waals surface area contributed by atoms with Crippen molar-refractivity contribution < 1.29 is 18.0 Å². The van der Waals surface area contributed by atoms with Gasteiger partial charge >= 0.3 is 0 Å². The Labute approximate surface area is 224 Å². The van der Waals surface area contributed by atoms with E-state index in [4.69, 9.17) is 23.2 Å². The Kier molecular flexibility index (Phi) is 11.5. The first-order chi connectivity index (χ1) is 16.9. The molecule has 2 amide bonds. The van der Waals surface area contributed by atoms with Gasteiger partial charge in [0.1, 0.15) is 6.04 Å². The number of sulfonamides is 1. The Morgan fingerprint density at radius 2 is 1.67 bits per heavy atom. The number of carbonyl (C=O) groups is 2. The summed E-state index contributed by atoms with van der Waals surface area (Å²) in [6.45, 7) is 6.66. The molecule has 0 saturated carbocycles. The minimum absolute atomic E-state index is 0.0467. The summed E-state index contributed by atoms with van der Waals surface area (Å²) in [5.74, 6) is -0.146. The van der Waals surface area contributed by atoms with Crippen molar-refractivity contribution in [1.82, 2.24) is 10.2 Å². The Hall–Kier alpha value is -2.29. The topological polar surface area (TPSA) is 86.8 Å². The first-order valence-electron chi connectivity index (χ1n) is 11.9. The SMILES string of the molecule is CC(C)CNC(=O)[C@H](C)N(CCc1ccccc1)C(=O)CCCN(c1cc(Cl)ccc1Cl)S(C)(=O)=O. The molecule has 0 heterocycles. The lowest BCUT2D eigenvalue weighted by molar-refractivity contribution is -0.140. The Balaban J connectivity index is 2.13. The van der Waals surface area contributed by atoms with Crippen molar-refractivity contribution in [3.63, 3.8) is 0 Å². The molecule has 0 radical (unpaired) electrons. The molecule has 1 N–H and O–H groups in total. The molecule has 10 heteroatoms. The van der Waals surface area contributed by atoms with E-state index >= 15 is 0 Å². The fourth-order valence-corrected chi connectivity index (χ4v) is 5.09. The number of carbonyl (C=O) groups excluding carboxylic acids is 2. The summed E-state index contributed by atoms with van der Waals surface area (Å²) in [7, 11) is -3.67. The largest absolute Gasteiger partial charge is 0.354 e. The lowest BCUT2D eigenvalue weighted by atomic mass is 10.1. The Morgan fingerprint density at radius 3 is 2.28 bits per heavy atom. The van der Waals surface area contributed by atoms with Crippen LogP contribution in [0.15, 0.2) is 48.5 Å². The van der Waals surface area contributed by atoms with Crippen molar-refractivity contribution in [2.24, 2.45) is 5.92 Å². The number of hydrogen-bond donors (Lipinski definition) is 1. The molecule has 2 aromatic rings. The van der Waals surface area contributed by atoms with Gasteiger partial charge < -0.3 is 10.2 Å². The Bertz CT molecular complexity index is 1130. The van der Waals surface area contributed by atoms with Gasteiger partial charge in [-0.25, -0.2) is 8.42 Å². The highest BCUT2D eigenvalue weighted by atomic mass is 35.5. The number of nitrogens with one attached hydrogen (secondary N) is 1. The molecule has 198 valence electrons. The van der Waals surface area contributed by atoms with Crippen LogP contribution in [0.4, 0.5) is 5.69 Å². The highest BCUT2D eigenvalue weighted by Crippen LogP contribution is 2.31. The van der Waals surface area contributed by atoms with Gasteiger partial charge in [0.05, 0.1) is 17.0 Å². The molecule has 0 fully saturated rings. The number of nitrogens with zero attached hydrogens (tertiary/aromatic N) is 2. The summed E-state index contributed by atoms with van der Waals surface area (Å²) >= 11 is 12.3. The molecule has 0 aliphatic carbocycles. The summed E-state index contributed by atoms with van der Waals surface area (Å²) in [5, 5.41) is 3.50. The van der Waals surface area contributed by atoms with E-state index in [1.807, 2.05) is 44.2 Å². The van der Waals surface area contributed by atoms with Gasteiger partial charge in [-0.05, 0) is 49.4 Å². The van der Waals surface area contributed by atoms with Gasteiger partial charge in [0.15, 0.2) is 0 Å². The maximum absolute atomic E-state index is 13.3. The average Bonchev–Trinajstić information content (AvgIpc) is 2.81. The number of halogens is 2. The second kappa shape index (κ2) is 13.9. The van der Waals surface area contributed by atoms with Crippen LogP contribution in [0.2, 0.25) is 10.0 Å². The molecule has 0 aliphatic rings. The van der Waals surface area contributed by atoms with Crippen molar-refractivity contribution >= 4 is 50.7 Å². The van der Waals surface area contributed by atoms with E-state index < -0.39 is 16.1 Å². The summed E-state index contributed by atoms with van der Waals surface area (Å²) in [4.78, 5) is 27.6. The minimum atomic E-state index is -3.67. The van der Waals surface area contributed by atoms with Crippen molar-refractivity contribution in [3.05, 3.63) is 64.1 Å². The quantitative estimate of drug-likeness (QED) is 0.385. The average molecular weight is 557 g/mol. The molecule has 7 nitrogen and oxygen atoms in total. The molecular formula is C26H35Cl2N3O4S. The van der Waals surface area contributed by atoms with Gasteiger partial charge in [-0.15, -0.1) is 0 Å². The molecule has 2 aromatic carbocycles. The molecule has 0 unspecified atom stereocenters. The predicted octanol–water partition coefficient (Wildman–Crippen LogP) is 4.77. The first kappa shape index (κ1) is 29.9. The van der Waals surface area contributed by atoms with Gasteiger partial charge in [-0.2, -0.15) is 0 Å². The molecule has 0 aromatic heterocycles. The van der Waals surface area contributed by atoms with Crippen molar-refractivity contribution in [1.29, 1.82) is 0 Å². The zero-order chi connectivity index (χ0) is 26.9. The summed E-state index contributed by atoms with van der Waals surface area (Å²) in [6, 6.07) is 13.7. The van der Waals surface area contributed by atoms with Crippen molar-refractivity contribution in [3.8, 4) is 0 Å². The highest BCUT2D eigenvalue weighted by molar-refractivity contribution is 7.92. The smallest absolute Gasteiger partial charge is 0.242 e. The molecule has 0 bridgehead atoms. The van der Waals surface area contributed by atoms with Gasteiger partial charge in [0.2, 0.25) is 21.8 Å². The number of anilines is 1. The third-order valence-electron chi connectivity index (χ3n) is 5.67. The monoisotopic (exact) mass is 555 g/mol. The van der Waals surface area contributed by atoms with E-state index in [0.717, 1.165) is 16.1 Å². The molecule has 1 atom stereocenters. The molecule has 0 spiro atoms. The van der Waals surface area contributed by atoms with Gasteiger partial charge in [-0.3, -0.25) is 13.9 Å². The lowest BCUT2D eigenvalue weighted by Crippen LogP contribution is -2.49. The summed E-state index contributed by atoms with van der Waals surface area (Å²) in [5.41, 5.74) is 1.32. The maximum Gasteiger partial charge on any atom is 0.242 e. The van der Waals surface area contributed by atoms with Crippen LogP contribution in [0.25, 0.3) is 0 Å². The van der Waals surface area contributed by atoms with Crippen LogP contribution in [0.5, 0.6) is 0 Å².